The summed E-state index contributed by atoms with van der Waals surface area (Å²) in [5.74, 6) is 1.13. The maximum absolute atomic E-state index is 12.0. The van der Waals surface area contributed by atoms with E-state index in [1.807, 2.05) is 25.2 Å². The maximum atomic E-state index is 12.0. The zero-order valence-corrected chi connectivity index (χ0v) is 14.3. The van der Waals surface area contributed by atoms with Gasteiger partial charge in [-0.1, -0.05) is 6.42 Å². The molecule has 7 heteroatoms. The third kappa shape index (κ3) is 3.77. The number of ether oxygens (including phenoxy) is 1. The van der Waals surface area contributed by atoms with Crippen molar-refractivity contribution >= 4 is 11.7 Å². The second-order valence-electron chi connectivity index (χ2n) is 7.41. The van der Waals surface area contributed by atoms with Crippen molar-refractivity contribution in [3.63, 3.8) is 0 Å². The highest BCUT2D eigenvalue weighted by Gasteiger charge is 2.28. The molecule has 1 saturated carbocycles. The van der Waals surface area contributed by atoms with Crippen LogP contribution in [0.15, 0.2) is 23.1 Å². The first-order valence-electron chi connectivity index (χ1n) is 8.38. The number of hydrogen-bond acceptors (Lipinski definition) is 4. The monoisotopic (exact) mass is 332 g/mol. The first kappa shape index (κ1) is 16.5. The van der Waals surface area contributed by atoms with Crippen molar-refractivity contribution in [3.8, 4) is 0 Å². The van der Waals surface area contributed by atoms with Crippen LogP contribution in [-0.2, 0) is 4.74 Å². The fourth-order valence-electron chi connectivity index (χ4n) is 3.25. The minimum atomic E-state index is -0.498. The Hall–Kier alpha value is -2.31. The van der Waals surface area contributed by atoms with E-state index < -0.39 is 5.60 Å². The van der Waals surface area contributed by atoms with E-state index in [1.165, 1.54) is 12.1 Å². The van der Waals surface area contributed by atoms with Gasteiger partial charge in [0.1, 0.15) is 17.1 Å². The van der Waals surface area contributed by atoms with Crippen molar-refractivity contribution in [3.05, 3.63) is 34.4 Å². The molecule has 0 bridgehead atoms. The standard InChI is InChI=1S/C17H24N4O3/c1-17(2,3)24-16(23)18-12-6-4-5-11(9-12)15-20-19-14-10-13(22)7-8-21(14)15/h7-8,10-12,19H,4-6,9H2,1-3H3,(H,18,23)/t11-,12+/m0/s1. The van der Waals surface area contributed by atoms with E-state index in [0.29, 0.717) is 5.65 Å². The van der Waals surface area contributed by atoms with Crippen molar-refractivity contribution < 1.29 is 9.53 Å². The molecule has 130 valence electrons. The molecule has 7 nitrogen and oxygen atoms in total. The van der Waals surface area contributed by atoms with Crippen LogP contribution in [0, 0.1) is 0 Å². The Morgan fingerprint density at radius 2 is 2.21 bits per heavy atom. The topological polar surface area (TPSA) is 88.5 Å². The summed E-state index contributed by atoms with van der Waals surface area (Å²) in [6.45, 7) is 5.56. The number of nitrogens with zero attached hydrogens (tertiary/aromatic N) is 2. The Bertz CT molecular complexity index is 787. The lowest BCUT2D eigenvalue weighted by Gasteiger charge is -2.30. The summed E-state index contributed by atoms with van der Waals surface area (Å²) in [5.41, 5.74) is 0.153. The van der Waals surface area contributed by atoms with Gasteiger partial charge in [0.25, 0.3) is 0 Å². The lowest BCUT2D eigenvalue weighted by Crippen LogP contribution is -2.41. The summed E-state index contributed by atoms with van der Waals surface area (Å²) in [5, 5.41) is 10.3. The van der Waals surface area contributed by atoms with Crippen molar-refractivity contribution in [1.29, 1.82) is 0 Å². The third-order valence-corrected chi connectivity index (χ3v) is 4.22. The van der Waals surface area contributed by atoms with E-state index >= 15 is 0 Å². The largest absolute Gasteiger partial charge is 0.444 e. The van der Waals surface area contributed by atoms with Gasteiger partial charge in [0.15, 0.2) is 5.43 Å². The average molecular weight is 332 g/mol. The molecule has 0 spiro atoms. The van der Waals surface area contributed by atoms with Crippen LogP contribution in [0.5, 0.6) is 0 Å². The van der Waals surface area contributed by atoms with Crippen LogP contribution in [0.3, 0.4) is 0 Å². The van der Waals surface area contributed by atoms with Gasteiger partial charge in [0.2, 0.25) is 0 Å². The Labute approximate surface area is 140 Å². The van der Waals surface area contributed by atoms with Gasteiger partial charge >= 0.3 is 6.09 Å². The SMILES string of the molecule is CC(C)(C)OC(=O)N[C@@H]1CCC[C@H](c2n[nH]c3cc(=O)ccn23)C1. The molecule has 2 aromatic rings. The number of aromatic amines is 1. The van der Waals surface area contributed by atoms with Crippen LogP contribution in [0.25, 0.3) is 5.65 Å². The molecule has 1 aliphatic rings. The summed E-state index contributed by atoms with van der Waals surface area (Å²) in [4.78, 5) is 23.4. The predicted octanol–water partition coefficient (Wildman–Crippen LogP) is 2.57. The van der Waals surface area contributed by atoms with Crippen LogP contribution in [0.1, 0.15) is 58.2 Å². The number of carbonyl (C=O) groups is 1. The van der Waals surface area contributed by atoms with Crippen LogP contribution >= 0.6 is 0 Å². The maximum Gasteiger partial charge on any atom is 0.407 e. The molecule has 1 fully saturated rings. The molecule has 2 heterocycles. The summed E-state index contributed by atoms with van der Waals surface area (Å²) >= 11 is 0. The minimum absolute atomic E-state index is 0.0432. The van der Waals surface area contributed by atoms with Crippen LogP contribution in [-0.4, -0.2) is 32.3 Å². The zero-order chi connectivity index (χ0) is 17.3. The quantitative estimate of drug-likeness (QED) is 0.884. The number of nitrogens with one attached hydrogen (secondary N) is 2. The zero-order valence-electron chi connectivity index (χ0n) is 14.3. The Balaban J connectivity index is 1.71. The van der Waals surface area contributed by atoms with Crippen LogP contribution < -0.4 is 10.7 Å². The number of H-pyrrole nitrogens is 1. The fourth-order valence-corrected chi connectivity index (χ4v) is 3.25. The molecule has 1 amide bonds. The summed E-state index contributed by atoms with van der Waals surface area (Å²) in [7, 11) is 0. The van der Waals surface area contributed by atoms with Crippen molar-refractivity contribution in [2.24, 2.45) is 0 Å². The number of hydrogen-bond donors (Lipinski definition) is 2. The molecule has 0 radical (unpaired) electrons. The molecule has 24 heavy (non-hydrogen) atoms. The van der Waals surface area contributed by atoms with E-state index in [0.717, 1.165) is 31.5 Å². The smallest absolute Gasteiger partial charge is 0.407 e. The second-order valence-corrected chi connectivity index (χ2v) is 7.41. The van der Waals surface area contributed by atoms with E-state index in [1.54, 1.807) is 6.20 Å². The summed E-state index contributed by atoms with van der Waals surface area (Å²) in [6.07, 6.45) is 5.15. The van der Waals surface area contributed by atoms with Crippen molar-refractivity contribution in [2.75, 3.05) is 0 Å². The number of aromatic nitrogens is 3. The van der Waals surface area contributed by atoms with Gasteiger partial charge in [-0.3, -0.25) is 14.3 Å². The van der Waals surface area contributed by atoms with Crippen molar-refractivity contribution in [2.45, 2.75) is 64.0 Å². The normalized spacial score (nSPS) is 21.6. The molecule has 0 aromatic carbocycles. The van der Waals surface area contributed by atoms with Gasteiger partial charge in [-0.15, -0.1) is 0 Å². The highest BCUT2D eigenvalue weighted by Crippen LogP contribution is 2.32. The molecule has 0 unspecified atom stereocenters. The summed E-state index contributed by atoms with van der Waals surface area (Å²) < 4.78 is 7.26. The molecular weight excluding hydrogens is 308 g/mol. The highest BCUT2D eigenvalue weighted by molar-refractivity contribution is 5.68. The molecular formula is C17H24N4O3. The van der Waals surface area contributed by atoms with Crippen LogP contribution in [0.4, 0.5) is 4.79 Å². The fraction of sp³-hybridized carbons (Fsp3) is 0.588. The van der Waals surface area contributed by atoms with Gasteiger partial charge in [-0.05, 0) is 40.0 Å². The lowest BCUT2D eigenvalue weighted by molar-refractivity contribution is 0.0490. The summed E-state index contributed by atoms with van der Waals surface area (Å²) in [6, 6.07) is 3.14. The van der Waals surface area contributed by atoms with Gasteiger partial charge in [0, 0.05) is 30.3 Å². The van der Waals surface area contributed by atoms with Gasteiger partial charge in [-0.2, -0.15) is 5.10 Å². The third-order valence-electron chi connectivity index (χ3n) is 4.22. The van der Waals surface area contributed by atoms with Gasteiger partial charge < -0.3 is 10.1 Å². The molecule has 0 aliphatic heterocycles. The number of rotatable bonds is 2. The minimum Gasteiger partial charge on any atom is -0.444 e. The average Bonchev–Trinajstić information content (AvgIpc) is 2.88. The first-order chi connectivity index (χ1) is 11.3. The number of carbonyl (C=O) groups excluding carboxylic acids is 1. The molecule has 3 rings (SSSR count). The number of fused-ring (bicyclic) bond motifs is 1. The van der Waals surface area contributed by atoms with Gasteiger partial charge in [0.05, 0.1) is 0 Å². The predicted molar refractivity (Wildman–Crippen MR) is 90.2 cm³/mol. The molecule has 2 N–H and O–H groups in total. The Morgan fingerprint density at radius 1 is 1.42 bits per heavy atom. The number of amides is 1. The second kappa shape index (κ2) is 6.30. The van der Waals surface area contributed by atoms with E-state index in [4.69, 9.17) is 4.74 Å². The van der Waals surface area contributed by atoms with Crippen molar-refractivity contribution in [1.82, 2.24) is 19.9 Å². The Morgan fingerprint density at radius 3 is 2.96 bits per heavy atom. The lowest BCUT2D eigenvalue weighted by atomic mass is 9.85. The number of alkyl carbamates (subject to hydrolysis) is 1. The Kier molecular flexibility index (Phi) is 4.34. The molecule has 0 saturated heterocycles. The highest BCUT2D eigenvalue weighted by atomic mass is 16.6. The molecule has 1 aliphatic carbocycles. The van der Waals surface area contributed by atoms with E-state index in [2.05, 4.69) is 15.5 Å². The first-order valence-corrected chi connectivity index (χ1v) is 8.38. The van der Waals surface area contributed by atoms with E-state index in [9.17, 15) is 9.59 Å². The number of pyridine rings is 1. The van der Waals surface area contributed by atoms with E-state index in [-0.39, 0.29) is 23.5 Å². The van der Waals surface area contributed by atoms with Crippen LogP contribution in [0.2, 0.25) is 0 Å². The molecule has 2 atom stereocenters. The molecule has 2 aromatic heterocycles. The van der Waals surface area contributed by atoms with Gasteiger partial charge in [-0.25, -0.2) is 4.79 Å².